The first-order chi connectivity index (χ1) is 6.34. The molecule has 0 fully saturated rings. The summed E-state index contributed by atoms with van der Waals surface area (Å²) in [7, 11) is 0. The number of hydrogen-bond donors (Lipinski definition) is 2. The van der Waals surface area contributed by atoms with E-state index in [9.17, 15) is 0 Å². The van der Waals surface area contributed by atoms with Crippen molar-refractivity contribution < 1.29 is 0 Å². The smallest absolute Gasteiger partial charge is 0.107 e. The second-order valence-electron chi connectivity index (χ2n) is 2.65. The van der Waals surface area contributed by atoms with Crippen LogP contribution < -0.4 is 10.6 Å². The van der Waals surface area contributed by atoms with Crippen molar-refractivity contribution >= 4 is 29.6 Å². The van der Waals surface area contributed by atoms with Crippen LogP contribution in [0.4, 0.5) is 0 Å². The molecule has 1 aromatic rings. The quantitative estimate of drug-likeness (QED) is 0.470. The summed E-state index contributed by atoms with van der Waals surface area (Å²) in [6.45, 7) is 3.74. The number of thiocarbonyl (C=S) groups is 1. The fourth-order valence-corrected chi connectivity index (χ4v) is 1.17. The van der Waals surface area contributed by atoms with E-state index in [1.54, 1.807) is 0 Å². The first-order valence-corrected chi connectivity index (χ1v) is 4.79. The van der Waals surface area contributed by atoms with Crippen LogP contribution in [0.15, 0.2) is 30.3 Å². The lowest BCUT2D eigenvalue weighted by Gasteiger charge is -2.07. The average molecular weight is 231 g/mol. The molecule has 1 aromatic carbocycles. The number of hydrogen-bond acceptors (Lipinski definition) is 2. The third-order valence-electron chi connectivity index (χ3n) is 1.66. The van der Waals surface area contributed by atoms with Gasteiger partial charge in [-0.15, -0.1) is 12.4 Å². The summed E-state index contributed by atoms with van der Waals surface area (Å²) in [4.78, 5) is 0.793. The van der Waals surface area contributed by atoms with E-state index in [0.29, 0.717) is 0 Å². The van der Waals surface area contributed by atoms with Crippen LogP contribution in [-0.4, -0.2) is 18.2 Å². The van der Waals surface area contributed by atoms with Gasteiger partial charge in [0, 0.05) is 5.56 Å². The van der Waals surface area contributed by atoms with Crippen LogP contribution in [0.25, 0.3) is 0 Å². The lowest BCUT2D eigenvalue weighted by atomic mass is 10.2. The van der Waals surface area contributed by atoms with Crippen molar-refractivity contribution in [1.29, 1.82) is 0 Å². The van der Waals surface area contributed by atoms with Gasteiger partial charge < -0.3 is 10.6 Å². The summed E-state index contributed by atoms with van der Waals surface area (Å²) in [5.74, 6) is 0. The van der Waals surface area contributed by atoms with Crippen LogP contribution in [0.1, 0.15) is 12.5 Å². The van der Waals surface area contributed by atoms with Gasteiger partial charge in [0.1, 0.15) is 4.99 Å². The van der Waals surface area contributed by atoms with Gasteiger partial charge in [-0.05, 0) is 6.54 Å². The van der Waals surface area contributed by atoms with Gasteiger partial charge in [-0.2, -0.15) is 0 Å². The summed E-state index contributed by atoms with van der Waals surface area (Å²) in [5, 5.41) is 6.27. The summed E-state index contributed by atoms with van der Waals surface area (Å²) in [6, 6.07) is 9.95. The molecule has 0 atom stereocenters. The molecule has 0 unspecified atom stereocenters. The first-order valence-electron chi connectivity index (χ1n) is 4.38. The molecular weight excluding hydrogens is 216 g/mol. The van der Waals surface area contributed by atoms with Crippen LogP contribution >= 0.6 is 24.6 Å². The van der Waals surface area contributed by atoms with Crippen molar-refractivity contribution in [3.05, 3.63) is 35.9 Å². The maximum absolute atomic E-state index is 5.18. The highest BCUT2D eigenvalue weighted by Crippen LogP contribution is 1.98. The first kappa shape index (κ1) is 13.4. The van der Waals surface area contributed by atoms with Crippen molar-refractivity contribution in [1.82, 2.24) is 10.6 Å². The monoisotopic (exact) mass is 230 g/mol. The predicted molar refractivity (Wildman–Crippen MR) is 67.1 cm³/mol. The zero-order valence-corrected chi connectivity index (χ0v) is 9.75. The van der Waals surface area contributed by atoms with E-state index >= 15 is 0 Å². The van der Waals surface area contributed by atoms with Gasteiger partial charge in [0.2, 0.25) is 0 Å². The maximum atomic E-state index is 5.18. The standard InChI is InChI=1S/C10H14N2S.ClH/c1-2-11-8-12-10(13)9-6-4-3-5-7-9;/h3-7,11H,2,8H2,1H3,(H,12,13);1H. The second-order valence-corrected chi connectivity index (χ2v) is 3.06. The molecule has 2 N–H and O–H groups in total. The van der Waals surface area contributed by atoms with E-state index in [1.165, 1.54) is 0 Å². The maximum Gasteiger partial charge on any atom is 0.107 e. The van der Waals surface area contributed by atoms with E-state index in [2.05, 4.69) is 17.6 Å². The van der Waals surface area contributed by atoms with Gasteiger partial charge in [-0.25, -0.2) is 0 Å². The van der Waals surface area contributed by atoms with Crippen LogP contribution in [0.5, 0.6) is 0 Å². The fraction of sp³-hybridized carbons (Fsp3) is 0.300. The minimum Gasteiger partial charge on any atom is -0.363 e. The van der Waals surface area contributed by atoms with E-state index in [4.69, 9.17) is 12.2 Å². The molecule has 78 valence electrons. The fourth-order valence-electron chi connectivity index (χ4n) is 0.959. The minimum absolute atomic E-state index is 0. The largest absolute Gasteiger partial charge is 0.363 e. The van der Waals surface area contributed by atoms with Gasteiger partial charge in [0.05, 0.1) is 6.67 Å². The molecule has 0 bridgehead atoms. The number of rotatable bonds is 4. The van der Waals surface area contributed by atoms with Gasteiger partial charge in [-0.1, -0.05) is 49.5 Å². The predicted octanol–water partition coefficient (Wildman–Crippen LogP) is 1.94. The van der Waals surface area contributed by atoms with Gasteiger partial charge in [0.25, 0.3) is 0 Å². The van der Waals surface area contributed by atoms with Crippen LogP contribution in [0.3, 0.4) is 0 Å². The SMILES string of the molecule is CCNCNC(=S)c1ccccc1.Cl. The van der Waals surface area contributed by atoms with Gasteiger partial charge in [0.15, 0.2) is 0 Å². The normalized spacial score (nSPS) is 8.93. The lowest BCUT2D eigenvalue weighted by molar-refractivity contribution is 0.697. The highest BCUT2D eigenvalue weighted by atomic mass is 35.5. The van der Waals surface area contributed by atoms with Crippen molar-refractivity contribution in [3.8, 4) is 0 Å². The molecule has 0 saturated carbocycles. The highest BCUT2D eigenvalue weighted by molar-refractivity contribution is 7.80. The molecule has 0 radical (unpaired) electrons. The Balaban J connectivity index is 0.00000169. The molecule has 0 aliphatic heterocycles. The topological polar surface area (TPSA) is 24.1 Å². The Morgan fingerprint density at radius 3 is 2.50 bits per heavy atom. The van der Waals surface area contributed by atoms with Crippen LogP contribution in [0.2, 0.25) is 0 Å². The zero-order valence-electron chi connectivity index (χ0n) is 8.12. The number of benzene rings is 1. The van der Waals surface area contributed by atoms with E-state index in [0.717, 1.165) is 23.8 Å². The van der Waals surface area contributed by atoms with E-state index < -0.39 is 0 Å². The molecular formula is C10H15ClN2S. The van der Waals surface area contributed by atoms with Gasteiger partial charge in [-0.3, -0.25) is 0 Å². The molecule has 0 aromatic heterocycles. The molecule has 14 heavy (non-hydrogen) atoms. The van der Waals surface area contributed by atoms with Gasteiger partial charge >= 0.3 is 0 Å². The second kappa shape index (κ2) is 7.74. The molecule has 0 spiro atoms. The van der Waals surface area contributed by atoms with E-state index in [1.807, 2.05) is 30.3 Å². The summed E-state index contributed by atoms with van der Waals surface area (Å²) < 4.78 is 0. The third kappa shape index (κ3) is 4.56. The summed E-state index contributed by atoms with van der Waals surface area (Å²) >= 11 is 5.18. The Hall–Kier alpha value is -0.640. The van der Waals surface area contributed by atoms with Crippen molar-refractivity contribution in [2.75, 3.05) is 13.2 Å². The summed E-state index contributed by atoms with van der Waals surface area (Å²) in [6.07, 6.45) is 0. The number of halogens is 1. The molecule has 1 rings (SSSR count). The zero-order chi connectivity index (χ0) is 9.52. The Labute approximate surface area is 96.5 Å². The Morgan fingerprint density at radius 1 is 1.29 bits per heavy atom. The van der Waals surface area contributed by atoms with E-state index in [-0.39, 0.29) is 12.4 Å². The third-order valence-corrected chi connectivity index (χ3v) is 2.04. The average Bonchev–Trinajstić information content (AvgIpc) is 2.19. The highest BCUT2D eigenvalue weighted by Gasteiger charge is 1.96. The number of nitrogens with one attached hydrogen (secondary N) is 2. The van der Waals surface area contributed by atoms with Crippen molar-refractivity contribution in [2.24, 2.45) is 0 Å². The Bertz CT molecular complexity index is 264. The van der Waals surface area contributed by atoms with Crippen LogP contribution in [0, 0.1) is 0 Å². The lowest BCUT2D eigenvalue weighted by Crippen LogP contribution is -2.32. The molecule has 4 heteroatoms. The minimum atomic E-state index is 0. The Kier molecular flexibility index (Phi) is 7.38. The molecule has 2 nitrogen and oxygen atoms in total. The van der Waals surface area contributed by atoms with Crippen molar-refractivity contribution in [2.45, 2.75) is 6.92 Å². The summed E-state index contributed by atoms with van der Waals surface area (Å²) in [5.41, 5.74) is 1.07. The Morgan fingerprint density at radius 2 is 1.93 bits per heavy atom. The van der Waals surface area contributed by atoms with Crippen LogP contribution in [-0.2, 0) is 0 Å². The molecule has 0 aliphatic carbocycles. The molecule has 0 aliphatic rings. The molecule has 0 saturated heterocycles. The van der Waals surface area contributed by atoms with Crippen molar-refractivity contribution in [3.63, 3.8) is 0 Å². The molecule has 0 amide bonds. The molecule has 0 heterocycles.